The summed E-state index contributed by atoms with van der Waals surface area (Å²) in [6.07, 6.45) is 1.56. The third-order valence-corrected chi connectivity index (χ3v) is 4.28. The van der Waals surface area contributed by atoms with E-state index >= 15 is 0 Å². The molecule has 0 aliphatic heterocycles. The maximum absolute atomic E-state index is 12.3. The van der Waals surface area contributed by atoms with E-state index < -0.39 is 0 Å². The summed E-state index contributed by atoms with van der Waals surface area (Å²) in [5, 5.41) is 8.79. The molecular formula is C22H23N3O3. The van der Waals surface area contributed by atoms with Gasteiger partial charge in [-0.1, -0.05) is 36.4 Å². The van der Waals surface area contributed by atoms with E-state index in [2.05, 4.69) is 16.0 Å². The van der Waals surface area contributed by atoms with Gasteiger partial charge in [-0.2, -0.15) is 0 Å². The minimum absolute atomic E-state index is 0.0608. The average molecular weight is 377 g/mol. The first-order valence-electron chi connectivity index (χ1n) is 9.10. The second kappa shape index (κ2) is 9.53. The number of anilines is 1. The van der Waals surface area contributed by atoms with Gasteiger partial charge in [-0.25, -0.2) is 0 Å². The Hall–Kier alpha value is -3.38. The van der Waals surface area contributed by atoms with E-state index in [0.29, 0.717) is 23.6 Å². The van der Waals surface area contributed by atoms with Crippen molar-refractivity contribution in [2.45, 2.75) is 19.5 Å². The van der Waals surface area contributed by atoms with Crippen LogP contribution in [0.3, 0.4) is 0 Å². The molecule has 0 aliphatic rings. The summed E-state index contributed by atoms with van der Waals surface area (Å²) in [6, 6.07) is 20.4. The molecule has 1 aromatic heterocycles. The van der Waals surface area contributed by atoms with Gasteiger partial charge in [-0.15, -0.1) is 0 Å². The van der Waals surface area contributed by atoms with Crippen LogP contribution in [0.2, 0.25) is 0 Å². The van der Waals surface area contributed by atoms with Crippen LogP contribution >= 0.6 is 0 Å². The number of nitrogens with one attached hydrogen (secondary N) is 3. The van der Waals surface area contributed by atoms with Crippen molar-refractivity contribution in [2.75, 3.05) is 11.9 Å². The predicted octanol–water partition coefficient (Wildman–Crippen LogP) is 3.50. The van der Waals surface area contributed by atoms with Crippen molar-refractivity contribution < 1.29 is 14.0 Å². The maximum Gasteiger partial charge on any atom is 0.251 e. The molecule has 3 rings (SSSR count). The van der Waals surface area contributed by atoms with E-state index in [-0.39, 0.29) is 24.4 Å². The molecule has 1 heterocycles. The molecule has 144 valence electrons. The van der Waals surface area contributed by atoms with Crippen LogP contribution in [0.15, 0.2) is 77.4 Å². The standard InChI is InChI=1S/C22H23N3O3/c1-16(17-7-3-2-4-8-17)23-15-21(26)25-19-10-5-9-18(13-19)22(27)24-14-20-11-6-12-28-20/h2-13,16,23H,14-15H2,1H3,(H,24,27)(H,25,26). The summed E-state index contributed by atoms with van der Waals surface area (Å²) >= 11 is 0. The Kier molecular flexibility index (Phi) is 6.59. The summed E-state index contributed by atoms with van der Waals surface area (Å²) < 4.78 is 5.20. The van der Waals surface area contributed by atoms with Crippen LogP contribution in [0.25, 0.3) is 0 Å². The Morgan fingerprint density at radius 2 is 1.82 bits per heavy atom. The van der Waals surface area contributed by atoms with Crippen LogP contribution in [0.5, 0.6) is 0 Å². The molecule has 1 unspecified atom stereocenters. The van der Waals surface area contributed by atoms with Gasteiger partial charge < -0.3 is 20.4 Å². The molecule has 0 saturated heterocycles. The first-order valence-corrected chi connectivity index (χ1v) is 9.10. The van der Waals surface area contributed by atoms with E-state index in [1.165, 1.54) is 0 Å². The van der Waals surface area contributed by atoms with Gasteiger partial charge in [0.05, 0.1) is 19.4 Å². The van der Waals surface area contributed by atoms with Crippen molar-refractivity contribution in [3.05, 3.63) is 89.9 Å². The highest BCUT2D eigenvalue weighted by Gasteiger charge is 2.10. The second-order valence-electron chi connectivity index (χ2n) is 6.40. The van der Waals surface area contributed by atoms with Gasteiger partial charge in [0.2, 0.25) is 5.91 Å². The van der Waals surface area contributed by atoms with Gasteiger partial charge in [-0.3, -0.25) is 9.59 Å². The quantitative estimate of drug-likeness (QED) is 0.561. The highest BCUT2D eigenvalue weighted by atomic mass is 16.3. The fourth-order valence-corrected chi connectivity index (χ4v) is 2.73. The lowest BCUT2D eigenvalue weighted by Gasteiger charge is -2.14. The van der Waals surface area contributed by atoms with Crippen molar-refractivity contribution in [2.24, 2.45) is 0 Å². The van der Waals surface area contributed by atoms with Crippen LogP contribution in [0.4, 0.5) is 5.69 Å². The van der Waals surface area contributed by atoms with Crippen molar-refractivity contribution >= 4 is 17.5 Å². The average Bonchev–Trinajstić information content (AvgIpc) is 3.25. The second-order valence-corrected chi connectivity index (χ2v) is 6.40. The minimum atomic E-state index is -0.233. The first kappa shape index (κ1) is 19.4. The lowest BCUT2D eigenvalue weighted by Crippen LogP contribution is -2.30. The smallest absolute Gasteiger partial charge is 0.251 e. The molecule has 0 spiro atoms. The summed E-state index contributed by atoms with van der Waals surface area (Å²) in [5.41, 5.74) is 2.16. The number of amides is 2. The number of hydrogen-bond donors (Lipinski definition) is 3. The molecule has 0 fully saturated rings. The molecule has 0 saturated carbocycles. The van der Waals surface area contributed by atoms with Crippen LogP contribution < -0.4 is 16.0 Å². The Morgan fingerprint density at radius 3 is 2.57 bits per heavy atom. The monoisotopic (exact) mass is 377 g/mol. The van der Waals surface area contributed by atoms with E-state index in [0.717, 1.165) is 5.56 Å². The van der Waals surface area contributed by atoms with Crippen LogP contribution in [-0.2, 0) is 11.3 Å². The van der Waals surface area contributed by atoms with E-state index in [1.54, 1.807) is 42.7 Å². The summed E-state index contributed by atoms with van der Waals surface area (Å²) in [4.78, 5) is 24.5. The molecule has 2 aromatic carbocycles. The number of rotatable bonds is 8. The van der Waals surface area contributed by atoms with E-state index in [1.807, 2.05) is 37.3 Å². The predicted molar refractivity (Wildman–Crippen MR) is 108 cm³/mol. The third kappa shape index (κ3) is 5.56. The zero-order valence-corrected chi connectivity index (χ0v) is 15.6. The summed E-state index contributed by atoms with van der Waals surface area (Å²) in [5.74, 6) is 0.274. The van der Waals surface area contributed by atoms with Gasteiger partial charge in [-0.05, 0) is 42.8 Å². The highest BCUT2D eigenvalue weighted by molar-refractivity contribution is 5.97. The molecule has 6 heteroatoms. The number of carbonyl (C=O) groups excluding carboxylic acids is 2. The molecule has 28 heavy (non-hydrogen) atoms. The van der Waals surface area contributed by atoms with E-state index in [4.69, 9.17) is 4.42 Å². The molecule has 1 atom stereocenters. The number of carbonyl (C=O) groups is 2. The molecule has 6 nitrogen and oxygen atoms in total. The molecule has 0 bridgehead atoms. The zero-order valence-electron chi connectivity index (χ0n) is 15.6. The maximum atomic E-state index is 12.3. The SMILES string of the molecule is CC(NCC(=O)Nc1cccc(C(=O)NCc2ccco2)c1)c1ccccc1. The first-order chi connectivity index (χ1) is 13.6. The van der Waals surface area contributed by atoms with Crippen molar-refractivity contribution in [3.63, 3.8) is 0 Å². The van der Waals surface area contributed by atoms with Gasteiger partial charge >= 0.3 is 0 Å². The number of benzene rings is 2. The third-order valence-electron chi connectivity index (χ3n) is 4.28. The summed E-state index contributed by atoms with van der Waals surface area (Å²) in [6.45, 7) is 2.49. The normalized spacial score (nSPS) is 11.6. The topological polar surface area (TPSA) is 83.4 Å². The van der Waals surface area contributed by atoms with E-state index in [9.17, 15) is 9.59 Å². The lowest BCUT2D eigenvalue weighted by molar-refractivity contribution is -0.115. The van der Waals surface area contributed by atoms with Crippen molar-refractivity contribution in [1.29, 1.82) is 0 Å². The number of hydrogen-bond acceptors (Lipinski definition) is 4. The largest absolute Gasteiger partial charge is 0.467 e. The van der Waals surface area contributed by atoms with Gasteiger partial charge in [0.1, 0.15) is 5.76 Å². The van der Waals surface area contributed by atoms with Crippen LogP contribution in [0.1, 0.15) is 34.6 Å². The fraction of sp³-hybridized carbons (Fsp3) is 0.182. The Balaban J connectivity index is 1.50. The lowest BCUT2D eigenvalue weighted by atomic mass is 10.1. The summed E-state index contributed by atoms with van der Waals surface area (Å²) in [7, 11) is 0. The molecule has 3 aromatic rings. The number of furan rings is 1. The molecule has 0 aliphatic carbocycles. The molecule has 0 radical (unpaired) electrons. The molecule has 2 amide bonds. The molecule has 3 N–H and O–H groups in total. The highest BCUT2D eigenvalue weighted by Crippen LogP contribution is 2.12. The minimum Gasteiger partial charge on any atom is -0.467 e. The van der Waals surface area contributed by atoms with Crippen molar-refractivity contribution in [1.82, 2.24) is 10.6 Å². The fourth-order valence-electron chi connectivity index (χ4n) is 2.73. The van der Waals surface area contributed by atoms with Crippen molar-refractivity contribution in [3.8, 4) is 0 Å². The zero-order chi connectivity index (χ0) is 19.8. The van der Waals surface area contributed by atoms with Gasteiger partial charge in [0, 0.05) is 17.3 Å². The van der Waals surface area contributed by atoms with Crippen LogP contribution in [0, 0.1) is 0 Å². The Bertz CT molecular complexity index is 908. The van der Waals surface area contributed by atoms with Crippen LogP contribution in [-0.4, -0.2) is 18.4 Å². The van der Waals surface area contributed by atoms with Gasteiger partial charge in [0.15, 0.2) is 0 Å². The van der Waals surface area contributed by atoms with Gasteiger partial charge in [0.25, 0.3) is 5.91 Å². The Morgan fingerprint density at radius 1 is 1.00 bits per heavy atom. The Labute approximate surface area is 164 Å². The molecular weight excluding hydrogens is 354 g/mol.